The second-order valence-corrected chi connectivity index (χ2v) is 36.8. The molecule has 12 heterocycles. The van der Waals surface area contributed by atoms with Crippen molar-refractivity contribution in [2.45, 2.75) is 184 Å². The molecule has 6 aromatic carbocycles. The monoisotopic (exact) mass is 1940 g/mol. The zero-order chi connectivity index (χ0) is 95.1. The summed E-state index contributed by atoms with van der Waals surface area (Å²) in [5.74, 6) is 6.56. The Morgan fingerprint density at radius 3 is 1.21 bits per heavy atom. The molecule has 18 aromatic rings. The number of aromatic nitrogens is 24. The normalized spacial score (nSPS) is 15.5. The number of fused-ring (bicyclic) bond motifs is 10. The zero-order valence-electron chi connectivity index (χ0n) is 74.8. The smallest absolute Gasteiger partial charge is 0.337 e. The van der Waals surface area contributed by atoms with Crippen LogP contribution in [0.5, 0.6) is 6.01 Å². The Morgan fingerprint density at radius 2 is 0.752 bits per heavy atom. The van der Waals surface area contributed by atoms with Gasteiger partial charge < -0.3 is 36.6 Å². The van der Waals surface area contributed by atoms with E-state index in [0.717, 1.165) is 149 Å². The average molecular weight is 1940 g/mol. The molecule has 31 nitrogen and oxygen atoms in total. The highest BCUT2D eigenvalue weighted by molar-refractivity contribution is 8.45. The Balaban J connectivity index is 0.000000124. The summed E-state index contributed by atoms with van der Waals surface area (Å²) in [6.07, 6.45) is 15.5. The number of halogens is 11. The topological polar surface area (TPSA) is 340 Å². The van der Waals surface area contributed by atoms with E-state index in [1.54, 1.807) is 63.1 Å². The number of nitrogens with zero attached hydrogens (tertiary/aromatic N) is 24. The number of hydrogen-bond acceptors (Lipinski definition) is 25. The fourth-order valence-electron chi connectivity index (χ4n) is 16.6. The van der Waals surface area contributed by atoms with Crippen molar-refractivity contribution in [3.63, 3.8) is 0 Å². The summed E-state index contributed by atoms with van der Waals surface area (Å²) >= 11 is 12.3. The zero-order valence-corrected chi connectivity index (χ0v) is 77.1. The molecular weight excluding hydrogens is 1840 g/mol. The van der Waals surface area contributed by atoms with Gasteiger partial charge in [-0.15, -0.1) is 10.2 Å². The number of aryl methyl sites for hydroxylation is 11. The van der Waals surface area contributed by atoms with Crippen molar-refractivity contribution in [1.29, 1.82) is 0 Å². The molecule has 6 N–H and O–H groups in total. The van der Waals surface area contributed by atoms with E-state index < -0.39 is 26.8 Å². The minimum Gasteiger partial charge on any atom is -0.463 e. The van der Waals surface area contributed by atoms with Gasteiger partial charge in [-0.05, 0) is 269 Å². The Morgan fingerprint density at radius 1 is 0.365 bits per heavy atom. The van der Waals surface area contributed by atoms with Crippen LogP contribution >= 0.6 is 33.4 Å². The summed E-state index contributed by atoms with van der Waals surface area (Å²) in [5, 5.41) is 46.8. The van der Waals surface area contributed by atoms with Crippen LogP contribution in [0.2, 0.25) is 10.0 Å². The summed E-state index contributed by atoms with van der Waals surface area (Å²) in [4.78, 5) is 48.7. The van der Waals surface area contributed by atoms with Gasteiger partial charge in [-0.2, -0.15) is 77.4 Å². The minimum absolute atomic E-state index is 0. The third kappa shape index (κ3) is 22.7. The highest BCUT2D eigenvalue weighted by Crippen LogP contribution is 3.02. The molecule has 43 heteroatoms. The standard InChI is InChI=1S/2C16H16ClN5.2C16H16FN5.C15H15F2N5O.C13H12F5N5S.2CH4/c1-9-3-11-5-13(6-12(11)7-14(9)17)21-15-4-10(2)20-16-18-8-19-22(15)16;1-10-6-15(22-16(20-10)18-9-19-22)21-14-5-3-11-7-13(17)4-2-12(11)8-14;1-9-3-11-5-13(6-12(11)7-14(9)17)21-15-4-10(2)20-16-18-8-19-22(15)16;1-10-6-15(22-16(20-10)18-9-19-22)21-14-5-3-11-7-13(17)4-2-12(11)8-14;1-4-23-15-20-14-18-8(2)5-13(22(14)21-15)19-10-6-11(16)9(3)12(17)7-10;1-8-7-12(23-13(19-8)20-9(2)22-23)21-10-3-5-11(6-4-10)24(14,15,16,17)18;;/h3-4,7-8,13,21H,5-6H2,1-2H3;2,4,6-7,9,14,21H,3,5,8H2,1H3;3-4,7-8,13,21H,5-6H2,1-2H3;2,4,6-7,9,14,21H,3,5,8H2,1H3;5-7,19H,4H2,1-3H3;3-7,21H,1-2H3;2*1H4. The molecule has 0 bridgehead atoms. The van der Waals surface area contributed by atoms with E-state index in [4.69, 9.17) is 27.9 Å². The van der Waals surface area contributed by atoms with E-state index in [-0.39, 0.29) is 55.5 Å². The first-order chi connectivity index (χ1) is 64.4. The van der Waals surface area contributed by atoms with Gasteiger partial charge in [-0.1, -0.05) is 81.7 Å². The summed E-state index contributed by atoms with van der Waals surface area (Å²) in [6, 6.07) is 36.9. The van der Waals surface area contributed by atoms with Crippen LogP contribution in [-0.2, 0) is 51.4 Å². The van der Waals surface area contributed by atoms with Crippen molar-refractivity contribution in [2.24, 2.45) is 0 Å². The Labute approximate surface area is 791 Å². The molecule has 4 aliphatic rings. The first-order valence-electron chi connectivity index (χ1n) is 43.2. The summed E-state index contributed by atoms with van der Waals surface area (Å²) < 4.78 is 133. The largest absolute Gasteiger partial charge is 0.463 e. The molecule has 22 rings (SSSR count). The Kier molecular flexibility index (Phi) is 27.7. The van der Waals surface area contributed by atoms with Crippen molar-refractivity contribution < 1.29 is 41.7 Å². The molecule has 137 heavy (non-hydrogen) atoms. The van der Waals surface area contributed by atoms with Crippen LogP contribution in [0.25, 0.3) is 34.7 Å². The van der Waals surface area contributed by atoms with Gasteiger partial charge in [0.25, 0.3) is 34.7 Å². The van der Waals surface area contributed by atoms with Gasteiger partial charge in [0.2, 0.25) is 0 Å². The van der Waals surface area contributed by atoms with Gasteiger partial charge in [-0.3, -0.25) is 0 Å². The molecule has 4 atom stereocenters. The van der Waals surface area contributed by atoms with Crippen LogP contribution < -0.4 is 36.6 Å². The van der Waals surface area contributed by atoms with Crippen molar-refractivity contribution in [3.05, 3.63) is 293 Å². The second kappa shape index (κ2) is 39.1. The number of hydrogen-bond donors (Lipinski definition) is 6. The van der Waals surface area contributed by atoms with Gasteiger partial charge in [0.05, 0.1) is 6.61 Å². The molecule has 4 unspecified atom stereocenters. The predicted octanol–water partition coefficient (Wildman–Crippen LogP) is 20.6. The van der Waals surface area contributed by atoms with E-state index >= 15 is 0 Å². The lowest BCUT2D eigenvalue weighted by Gasteiger charge is -2.40. The summed E-state index contributed by atoms with van der Waals surface area (Å²) in [5.41, 5.74) is 17.3. The number of anilines is 8. The number of rotatable bonds is 15. The lowest BCUT2D eigenvalue weighted by molar-refractivity contribution is 0.313. The molecule has 0 amide bonds. The lowest BCUT2D eigenvalue weighted by atomic mass is 9.88. The second-order valence-electron chi connectivity index (χ2n) is 33.5. The average Bonchev–Trinajstić information content (AvgIpc) is 1.72. The van der Waals surface area contributed by atoms with Gasteiger partial charge in [0.15, 0.2) is 0 Å². The van der Waals surface area contributed by atoms with Crippen LogP contribution in [0, 0.1) is 92.5 Å². The number of ether oxygens (including phenoxy) is 1. The molecule has 0 saturated heterocycles. The summed E-state index contributed by atoms with van der Waals surface area (Å²) in [7, 11) is -9.67. The van der Waals surface area contributed by atoms with Crippen molar-refractivity contribution in [1.82, 2.24) is 117 Å². The maximum Gasteiger partial charge on any atom is 0.337 e. The van der Waals surface area contributed by atoms with Crippen LogP contribution in [0.3, 0.4) is 0 Å². The third-order valence-electron chi connectivity index (χ3n) is 22.9. The predicted molar refractivity (Wildman–Crippen MR) is 512 cm³/mol. The molecule has 4 aliphatic carbocycles. The van der Waals surface area contributed by atoms with E-state index in [9.17, 15) is 37.0 Å². The van der Waals surface area contributed by atoms with E-state index in [2.05, 4.69) is 153 Å². The van der Waals surface area contributed by atoms with Gasteiger partial charge in [0.1, 0.15) is 94.2 Å². The Hall–Kier alpha value is -14.5. The van der Waals surface area contributed by atoms with E-state index in [1.165, 1.54) is 92.8 Å². The van der Waals surface area contributed by atoms with Gasteiger partial charge in [-0.25, -0.2) is 47.5 Å². The molecule has 0 saturated carbocycles. The van der Waals surface area contributed by atoms with Crippen LogP contribution in [0.4, 0.5) is 83.3 Å². The van der Waals surface area contributed by atoms with Crippen molar-refractivity contribution in [2.75, 3.05) is 38.5 Å². The first-order valence-corrected chi connectivity index (χ1v) is 45.9. The highest BCUT2D eigenvalue weighted by atomic mass is 35.5. The molecule has 0 aliphatic heterocycles. The SMILES string of the molecule is C.C.CCOc1nc2nc(C)cc(Nc3cc(F)c(C)c(F)c3)n2n1.Cc1cc(NC2CCc3cc(Cl)ccc3C2)n2ncnc2n1.Cc1cc(NC2CCc3cc(F)ccc3C2)n2ncnc2n1.Cc1cc(NC2Cc3cc(C)c(Cl)cc3C2)n2ncnc2n1.Cc1cc(NC2Cc3cc(C)c(F)cc3C2)n2ncnc2n1.Cc1cc(Nc2ccc(S(F)(F)(F)(F)F)cc2)n2nc(C)nc2n1. The minimum atomic E-state index is -9.67. The van der Waals surface area contributed by atoms with E-state index in [1.807, 2.05) is 84.0 Å². The fraction of sp³-hybridized carbons (Fsp3) is 0.298. The molecule has 0 radical (unpaired) electrons. The van der Waals surface area contributed by atoms with Crippen molar-refractivity contribution in [3.8, 4) is 6.01 Å². The van der Waals surface area contributed by atoms with Gasteiger partial charge in [0, 0.05) is 122 Å². The van der Waals surface area contributed by atoms with Crippen LogP contribution in [0.1, 0.15) is 136 Å². The van der Waals surface area contributed by atoms with E-state index in [0.29, 0.717) is 106 Å². The lowest BCUT2D eigenvalue weighted by Crippen LogP contribution is -2.28. The molecule has 714 valence electrons. The quantitative estimate of drug-likeness (QED) is 0.0519. The van der Waals surface area contributed by atoms with Crippen LogP contribution in [0.15, 0.2) is 164 Å². The maximum atomic E-state index is 13.7. The highest BCUT2D eigenvalue weighted by Gasteiger charge is 2.65. The first kappa shape index (κ1) is 97.1. The third-order valence-corrected chi connectivity index (χ3v) is 24.7. The fourth-order valence-corrected chi connectivity index (χ4v) is 17.7. The van der Waals surface area contributed by atoms with Crippen LogP contribution in [-0.4, -0.2) is 148 Å². The number of nitrogens with one attached hydrogen (secondary N) is 6. The molecule has 12 aromatic heterocycles. The maximum absolute atomic E-state index is 13.7. The Bertz CT molecular complexity index is 7150. The molecule has 0 fully saturated rings. The van der Waals surface area contributed by atoms with Gasteiger partial charge >= 0.3 is 16.2 Å². The van der Waals surface area contributed by atoms with Crippen molar-refractivity contribution >= 4 is 114 Å². The molecule has 0 spiro atoms. The number of benzene rings is 6. The summed E-state index contributed by atoms with van der Waals surface area (Å²) in [6.45, 7) is 20.5. The molecular formula is C94H99Cl2F9N30OS.